The second-order valence-electron chi connectivity index (χ2n) is 8.39. The molecule has 1 fully saturated rings. The van der Waals surface area contributed by atoms with Crippen molar-refractivity contribution < 1.29 is 24.2 Å². The molecule has 2 aromatic rings. The second kappa shape index (κ2) is 10.4. The van der Waals surface area contributed by atoms with Crippen LogP contribution in [0.2, 0.25) is 0 Å². The van der Waals surface area contributed by atoms with E-state index in [0.717, 1.165) is 29.8 Å². The van der Waals surface area contributed by atoms with Gasteiger partial charge in [-0.25, -0.2) is 4.99 Å². The first kappa shape index (κ1) is 23.3. The number of unbranched alkanes of at least 4 members (excludes halogenated alkanes) is 2. The number of aliphatic carboxylic acids is 1. The number of carboxylic acids is 1. The summed E-state index contributed by atoms with van der Waals surface area (Å²) in [7, 11) is 0. The fourth-order valence-corrected chi connectivity index (χ4v) is 4.05. The van der Waals surface area contributed by atoms with Gasteiger partial charge in [-0.05, 0) is 56.5 Å². The van der Waals surface area contributed by atoms with Crippen molar-refractivity contribution in [1.29, 1.82) is 0 Å². The highest BCUT2D eigenvalue weighted by molar-refractivity contribution is 6.07. The number of carbonyl (C=O) groups is 3. The Hall–Kier alpha value is -3.88. The molecule has 0 saturated carbocycles. The molecule has 9 heteroatoms. The van der Waals surface area contributed by atoms with E-state index in [-0.39, 0.29) is 30.8 Å². The molecule has 2 heterocycles. The molecule has 0 radical (unpaired) electrons. The van der Waals surface area contributed by atoms with Crippen molar-refractivity contribution >= 4 is 35.1 Å². The van der Waals surface area contributed by atoms with Crippen LogP contribution in [0.1, 0.15) is 38.2 Å². The van der Waals surface area contributed by atoms with E-state index in [0.29, 0.717) is 31.2 Å². The Balaban J connectivity index is 1.22. The number of nitrogens with one attached hydrogen (secondary N) is 1. The summed E-state index contributed by atoms with van der Waals surface area (Å²) >= 11 is 0. The third-order valence-corrected chi connectivity index (χ3v) is 5.94. The average Bonchev–Trinajstić information content (AvgIpc) is 3.11. The molecule has 2 amide bonds. The van der Waals surface area contributed by atoms with Gasteiger partial charge in [-0.1, -0.05) is 18.2 Å². The van der Waals surface area contributed by atoms with Gasteiger partial charge in [0.05, 0.1) is 12.3 Å². The van der Waals surface area contributed by atoms with Crippen molar-refractivity contribution in [3.05, 3.63) is 54.1 Å². The predicted octanol–water partition coefficient (Wildman–Crippen LogP) is 3.07. The normalized spacial score (nSPS) is 16.3. The van der Waals surface area contributed by atoms with Gasteiger partial charge in [0.2, 0.25) is 17.8 Å². The van der Waals surface area contributed by atoms with Crippen molar-refractivity contribution in [2.45, 2.75) is 45.2 Å². The minimum absolute atomic E-state index is 0.0450. The molecule has 2 aromatic carbocycles. The zero-order valence-electron chi connectivity index (χ0n) is 19.1. The number of rotatable bonds is 10. The van der Waals surface area contributed by atoms with Crippen LogP contribution >= 0.6 is 0 Å². The lowest BCUT2D eigenvalue weighted by molar-refractivity contribution is -0.136. The molecule has 1 atom stereocenters. The number of anilines is 1. The van der Waals surface area contributed by atoms with Gasteiger partial charge in [0.15, 0.2) is 0 Å². The number of carboxylic acid groups (broad SMARTS) is 1. The van der Waals surface area contributed by atoms with Crippen LogP contribution < -0.4 is 15.0 Å². The number of nitrogens with zero attached hydrogens (tertiary/aromatic N) is 3. The van der Waals surface area contributed by atoms with E-state index in [1.807, 2.05) is 36.1 Å². The number of amides is 2. The van der Waals surface area contributed by atoms with Gasteiger partial charge < -0.3 is 19.6 Å². The Labute approximate surface area is 198 Å². The van der Waals surface area contributed by atoms with E-state index in [1.165, 1.54) is 4.90 Å². The standard InChI is InChI=1S/C25H28N4O5/c1-17-24(33)27-25-26-21-12-11-20(14-18(21)15-28(17)25)34-13-7-3-6-10-22(30)29(16-23(31)32)19-8-4-2-5-9-19/h2,4-5,8-9,11-12,14,17H,3,6-7,10,13,15-16H2,1H3,(H,31,32)(H,26,27,33). The fraction of sp³-hybridized carbons (Fsp3) is 0.360. The lowest BCUT2D eigenvalue weighted by Gasteiger charge is -2.26. The molecule has 34 heavy (non-hydrogen) atoms. The monoisotopic (exact) mass is 464 g/mol. The molecule has 2 aliphatic heterocycles. The molecular weight excluding hydrogens is 436 g/mol. The Morgan fingerprint density at radius 1 is 1.18 bits per heavy atom. The topological polar surface area (TPSA) is 112 Å². The molecule has 178 valence electrons. The minimum atomic E-state index is -1.04. The molecule has 0 aromatic heterocycles. The van der Waals surface area contributed by atoms with E-state index >= 15 is 0 Å². The number of ether oxygens (including phenoxy) is 1. The number of para-hydroxylation sites is 1. The summed E-state index contributed by atoms with van der Waals surface area (Å²) in [5.41, 5.74) is 2.43. The van der Waals surface area contributed by atoms with E-state index < -0.39 is 5.97 Å². The third kappa shape index (κ3) is 5.36. The predicted molar refractivity (Wildman–Crippen MR) is 127 cm³/mol. The average molecular weight is 465 g/mol. The van der Waals surface area contributed by atoms with E-state index in [1.54, 1.807) is 24.3 Å². The van der Waals surface area contributed by atoms with Crippen molar-refractivity contribution in [3.63, 3.8) is 0 Å². The largest absolute Gasteiger partial charge is 0.494 e. The molecule has 4 rings (SSSR count). The molecule has 1 saturated heterocycles. The number of fused-ring (bicyclic) bond motifs is 2. The van der Waals surface area contributed by atoms with Crippen LogP contribution in [-0.2, 0) is 20.9 Å². The maximum absolute atomic E-state index is 12.6. The first-order valence-electron chi connectivity index (χ1n) is 11.4. The van der Waals surface area contributed by atoms with E-state index in [2.05, 4.69) is 10.3 Å². The van der Waals surface area contributed by atoms with Crippen LogP contribution in [0.4, 0.5) is 11.4 Å². The molecule has 1 unspecified atom stereocenters. The first-order valence-corrected chi connectivity index (χ1v) is 11.4. The summed E-state index contributed by atoms with van der Waals surface area (Å²) < 4.78 is 5.89. The summed E-state index contributed by atoms with van der Waals surface area (Å²) in [5, 5.41) is 11.9. The van der Waals surface area contributed by atoms with Crippen LogP contribution in [0.25, 0.3) is 0 Å². The van der Waals surface area contributed by atoms with E-state index in [9.17, 15) is 14.4 Å². The molecule has 0 aliphatic carbocycles. The van der Waals surface area contributed by atoms with Gasteiger partial charge in [-0.15, -0.1) is 0 Å². The van der Waals surface area contributed by atoms with Gasteiger partial charge in [0.25, 0.3) is 0 Å². The maximum Gasteiger partial charge on any atom is 0.323 e. The highest BCUT2D eigenvalue weighted by atomic mass is 16.5. The summed E-state index contributed by atoms with van der Waals surface area (Å²) in [4.78, 5) is 43.4. The van der Waals surface area contributed by atoms with Gasteiger partial charge in [-0.2, -0.15) is 0 Å². The van der Waals surface area contributed by atoms with Crippen molar-refractivity contribution in [3.8, 4) is 5.75 Å². The minimum Gasteiger partial charge on any atom is -0.494 e. The zero-order chi connectivity index (χ0) is 24.1. The lowest BCUT2D eigenvalue weighted by Crippen LogP contribution is -2.35. The number of carbonyl (C=O) groups excluding carboxylic acids is 2. The summed E-state index contributed by atoms with van der Waals surface area (Å²) in [6, 6.07) is 14.3. The van der Waals surface area contributed by atoms with Crippen molar-refractivity contribution in [2.24, 2.45) is 4.99 Å². The lowest BCUT2D eigenvalue weighted by atomic mass is 10.1. The molecular formula is C25H28N4O5. The van der Waals surface area contributed by atoms with Crippen LogP contribution in [0.3, 0.4) is 0 Å². The molecule has 0 bridgehead atoms. The van der Waals surface area contributed by atoms with Gasteiger partial charge in [0.1, 0.15) is 18.3 Å². The SMILES string of the molecule is CC1C(=O)NC2=Nc3ccc(OCCCCCC(=O)N(CC(=O)O)c4ccccc4)cc3CN21. The van der Waals surface area contributed by atoms with E-state index in [4.69, 9.17) is 9.84 Å². The molecule has 2 aliphatic rings. The Morgan fingerprint density at radius 3 is 2.74 bits per heavy atom. The maximum atomic E-state index is 12.6. The number of aliphatic imine (C=N–C) groups is 1. The Bertz CT molecular complexity index is 1100. The van der Waals surface area contributed by atoms with Crippen LogP contribution in [0.5, 0.6) is 5.75 Å². The summed E-state index contributed by atoms with van der Waals surface area (Å²) in [6.45, 7) is 2.62. The van der Waals surface area contributed by atoms with Crippen LogP contribution in [0, 0.1) is 0 Å². The number of hydrogen-bond donors (Lipinski definition) is 2. The van der Waals surface area contributed by atoms with Gasteiger partial charge in [-0.3, -0.25) is 19.7 Å². The summed E-state index contributed by atoms with van der Waals surface area (Å²) in [5.74, 6) is 0.0583. The van der Waals surface area contributed by atoms with Crippen LogP contribution in [-0.4, -0.2) is 52.9 Å². The smallest absolute Gasteiger partial charge is 0.323 e. The van der Waals surface area contributed by atoms with Crippen LogP contribution in [0.15, 0.2) is 53.5 Å². The Morgan fingerprint density at radius 2 is 1.97 bits per heavy atom. The zero-order valence-corrected chi connectivity index (χ0v) is 19.1. The van der Waals surface area contributed by atoms with Crippen molar-refractivity contribution in [1.82, 2.24) is 10.2 Å². The highest BCUT2D eigenvalue weighted by Crippen LogP contribution is 2.31. The quantitative estimate of drug-likeness (QED) is 0.523. The summed E-state index contributed by atoms with van der Waals surface area (Å²) in [6.07, 6.45) is 2.50. The Kier molecular flexibility index (Phi) is 7.10. The second-order valence-corrected chi connectivity index (χ2v) is 8.39. The van der Waals surface area contributed by atoms with Gasteiger partial charge in [0, 0.05) is 24.2 Å². The molecule has 2 N–H and O–H groups in total. The first-order chi connectivity index (χ1) is 16.4. The highest BCUT2D eigenvalue weighted by Gasteiger charge is 2.35. The molecule has 0 spiro atoms. The number of benzene rings is 2. The van der Waals surface area contributed by atoms with Gasteiger partial charge >= 0.3 is 5.97 Å². The fourth-order valence-electron chi connectivity index (χ4n) is 4.05. The third-order valence-electron chi connectivity index (χ3n) is 5.94. The van der Waals surface area contributed by atoms with Crippen molar-refractivity contribution in [2.75, 3.05) is 18.1 Å². The molecule has 9 nitrogen and oxygen atoms in total. The number of hydrogen-bond acceptors (Lipinski definition) is 6. The number of guanidine groups is 1.